The van der Waals surface area contributed by atoms with Gasteiger partial charge >= 0.3 is 0 Å². The summed E-state index contributed by atoms with van der Waals surface area (Å²) in [5, 5.41) is 3.01. The van der Waals surface area contributed by atoms with Crippen LogP contribution in [0.1, 0.15) is 24.8 Å². The number of rotatable bonds is 5. The predicted molar refractivity (Wildman–Crippen MR) is 82.8 cm³/mol. The first-order valence-electron chi connectivity index (χ1n) is 7.34. The monoisotopic (exact) mass is 292 g/mol. The maximum absolute atomic E-state index is 12.5. The molecule has 116 valence electrons. The summed E-state index contributed by atoms with van der Waals surface area (Å²) in [6, 6.07) is 3.67. The molecule has 0 aromatic heterocycles. The van der Waals surface area contributed by atoms with Crippen molar-refractivity contribution in [2.75, 3.05) is 26.1 Å². The van der Waals surface area contributed by atoms with Crippen molar-refractivity contribution in [2.45, 2.75) is 26.2 Å². The van der Waals surface area contributed by atoms with E-state index in [-0.39, 0.29) is 11.8 Å². The zero-order chi connectivity index (χ0) is 15.4. The Kier molecular flexibility index (Phi) is 5.07. The minimum Gasteiger partial charge on any atom is -0.493 e. The lowest BCUT2D eigenvalue weighted by Crippen LogP contribution is -2.30. The second-order valence-electron chi connectivity index (χ2n) is 5.54. The van der Waals surface area contributed by atoms with E-state index in [0.29, 0.717) is 24.0 Å². The largest absolute Gasteiger partial charge is 0.493 e. The summed E-state index contributed by atoms with van der Waals surface area (Å²) in [5.74, 6) is 1.64. The smallest absolute Gasteiger partial charge is 0.227 e. The van der Waals surface area contributed by atoms with Crippen LogP contribution in [0.3, 0.4) is 0 Å². The number of hydrogen-bond acceptors (Lipinski definition) is 4. The van der Waals surface area contributed by atoms with Gasteiger partial charge in [-0.25, -0.2) is 0 Å². The van der Waals surface area contributed by atoms with Crippen LogP contribution in [0.15, 0.2) is 12.1 Å². The van der Waals surface area contributed by atoms with Gasteiger partial charge in [0.2, 0.25) is 5.91 Å². The molecular weight excluding hydrogens is 268 g/mol. The third-order valence-electron chi connectivity index (χ3n) is 4.29. The van der Waals surface area contributed by atoms with E-state index < -0.39 is 0 Å². The number of ether oxygens (including phenoxy) is 2. The molecule has 1 saturated carbocycles. The van der Waals surface area contributed by atoms with Crippen molar-refractivity contribution >= 4 is 11.6 Å². The Morgan fingerprint density at radius 3 is 2.57 bits per heavy atom. The molecule has 0 heterocycles. The quantitative estimate of drug-likeness (QED) is 0.873. The van der Waals surface area contributed by atoms with E-state index in [1.54, 1.807) is 20.3 Å². The molecule has 0 spiro atoms. The molecule has 1 aliphatic rings. The molecule has 2 unspecified atom stereocenters. The van der Waals surface area contributed by atoms with Crippen LogP contribution in [-0.2, 0) is 4.79 Å². The molecule has 1 fully saturated rings. The predicted octanol–water partition coefficient (Wildman–Crippen LogP) is 2.33. The summed E-state index contributed by atoms with van der Waals surface area (Å²) in [4.78, 5) is 12.5. The summed E-state index contributed by atoms with van der Waals surface area (Å²) in [6.07, 6.45) is 3.03. The van der Waals surface area contributed by atoms with Crippen LogP contribution in [0.25, 0.3) is 0 Å². The number of benzene rings is 1. The lowest BCUT2D eigenvalue weighted by atomic mass is 9.95. The SMILES string of the molecule is COc1cc(C)c(NC(=O)C2CCCC2CN)cc1OC. The summed E-state index contributed by atoms with van der Waals surface area (Å²) in [6.45, 7) is 2.51. The van der Waals surface area contributed by atoms with E-state index in [1.807, 2.05) is 13.0 Å². The Morgan fingerprint density at radius 2 is 1.95 bits per heavy atom. The molecule has 0 radical (unpaired) electrons. The van der Waals surface area contributed by atoms with Gasteiger partial charge in [-0.1, -0.05) is 6.42 Å². The molecular formula is C16H24N2O3. The van der Waals surface area contributed by atoms with Gasteiger partial charge in [0, 0.05) is 17.7 Å². The lowest BCUT2D eigenvalue weighted by molar-refractivity contribution is -0.120. The van der Waals surface area contributed by atoms with Crippen LogP contribution in [0.4, 0.5) is 5.69 Å². The first kappa shape index (κ1) is 15.6. The highest BCUT2D eigenvalue weighted by Gasteiger charge is 2.32. The minimum atomic E-state index is 0.0162. The molecule has 2 atom stereocenters. The molecule has 1 aliphatic carbocycles. The topological polar surface area (TPSA) is 73.6 Å². The first-order chi connectivity index (χ1) is 10.1. The van der Waals surface area contributed by atoms with E-state index in [2.05, 4.69) is 5.32 Å². The number of carbonyl (C=O) groups is 1. The van der Waals surface area contributed by atoms with Crippen molar-refractivity contribution in [1.82, 2.24) is 0 Å². The standard InChI is InChI=1S/C16H24N2O3/c1-10-7-14(20-2)15(21-3)8-13(10)18-16(19)12-6-4-5-11(12)9-17/h7-8,11-12H,4-6,9,17H2,1-3H3,(H,18,19). The summed E-state index contributed by atoms with van der Waals surface area (Å²) in [7, 11) is 3.18. The fourth-order valence-corrected chi connectivity index (χ4v) is 3.00. The fraction of sp³-hybridized carbons (Fsp3) is 0.562. The van der Waals surface area contributed by atoms with E-state index in [1.165, 1.54) is 0 Å². The van der Waals surface area contributed by atoms with Crippen molar-refractivity contribution in [3.63, 3.8) is 0 Å². The Hall–Kier alpha value is -1.75. The van der Waals surface area contributed by atoms with Gasteiger partial charge in [-0.05, 0) is 43.9 Å². The van der Waals surface area contributed by atoms with Gasteiger partial charge in [0.15, 0.2) is 11.5 Å². The Bertz CT molecular complexity index is 516. The molecule has 3 N–H and O–H groups in total. The van der Waals surface area contributed by atoms with Crippen molar-refractivity contribution in [2.24, 2.45) is 17.6 Å². The van der Waals surface area contributed by atoms with Crippen LogP contribution in [-0.4, -0.2) is 26.7 Å². The maximum atomic E-state index is 12.5. The summed E-state index contributed by atoms with van der Waals surface area (Å²) in [5.41, 5.74) is 7.46. The van der Waals surface area contributed by atoms with E-state index in [0.717, 1.165) is 30.5 Å². The number of hydrogen-bond donors (Lipinski definition) is 2. The Labute approximate surface area is 125 Å². The molecule has 0 saturated heterocycles. The molecule has 0 aliphatic heterocycles. The number of aryl methyl sites for hydroxylation is 1. The molecule has 0 bridgehead atoms. The van der Waals surface area contributed by atoms with Crippen LogP contribution >= 0.6 is 0 Å². The summed E-state index contributed by atoms with van der Waals surface area (Å²) >= 11 is 0. The third-order valence-corrected chi connectivity index (χ3v) is 4.29. The maximum Gasteiger partial charge on any atom is 0.227 e. The number of nitrogens with one attached hydrogen (secondary N) is 1. The van der Waals surface area contributed by atoms with Gasteiger partial charge in [0.05, 0.1) is 14.2 Å². The van der Waals surface area contributed by atoms with Crippen molar-refractivity contribution < 1.29 is 14.3 Å². The number of methoxy groups -OCH3 is 2. The van der Waals surface area contributed by atoms with Crippen molar-refractivity contribution in [3.8, 4) is 11.5 Å². The van der Waals surface area contributed by atoms with Crippen LogP contribution in [0, 0.1) is 18.8 Å². The van der Waals surface area contributed by atoms with Gasteiger partial charge in [0.1, 0.15) is 0 Å². The average molecular weight is 292 g/mol. The van der Waals surface area contributed by atoms with Gasteiger partial charge in [-0.15, -0.1) is 0 Å². The zero-order valence-corrected chi connectivity index (χ0v) is 12.9. The number of anilines is 1. The highest BCUT2D eigenvalue weighted by Crippen LogP contribution is 2.35. The number of amides is 1. The number of carbonyl (C=O) groups excluding carboxylic acids is 1. The second-order valence-corrected chi connectivity index (χ2v) is 5.54. The molecule has 1 aromatic rings. The van der Waals surface area contributed by atoms with Gasteiger partial charge < -0.3 is 20.5 Å². The van der Waals surface area contributed by atoms with E-state index >= 15 is 0 Å². The average Bonchev–Trinajstić information content (AvgIpc) is 2.97. The third kappa shape index (κ3) is 3.29. The van der Waals surface area contributed by atoms with Crippen LogP contribution in [0.2, 0.25) is 0 Å². The zero-order valence-electron chi connectivity index (χ0n) is 12.9. The fourth-order valence-electron chi connectivity index (χ4n) is 3.00. The van der Waals surface area contributed by atoms with Crippen molar-refractivity contribution in [1.29, 1.82) is 0 Å². The molecule has 2 rings (SSSR count). The molecule has 21 heavy (non-hydrogen) atoms. The van der Waals surface area contributed by atoms with E-state index in [9.17, 15) is 4.79 Å². The second kappa shape index (κ2) is 6.80. The lowest BCUT2D eigenvalue weighted by Gasteiger charge is -2.19. The van der Waals surface area contributed by atoms with E-state index in [4.69, 9.17) is 15.2 Å². The minimum absolute atomic E-state index is 0.0162. The van der Waals surface area contributed by atoms with Crippen molar-refractivity contribution in [3.05, 3.63) is 17.7 Å². The van der Waals surface area contributed by atoms with Gasteiger partial charge in [0.25, 0.3) is 0 Å². The summed E-state index contributed by atoms with van der Waals surface area (Å²) < 4.78 is 10.5. The Morgan fingerprint density at radius 1 is 1.29 bits per heavy atom. The number of nitrogens with two attached hydrogens (primary N) is 1. The molecule has 1 aromatic carbocycles. The molecule has 5 heteroatoms. The molecule has 1 amide bonds. The van der Waals surface area contributed by atoms with Crippen LogP contribution in [0.5, 0.6) is 11.5 Å². The van der Waals surface area contributed by atoms with Gasteiger partial charge in [-0.3, -0.25) is 4.79 Å². The van der Waals surface area contributed by atoms with Gasteiger partial charge in [-0.2, -0.15) is 0 Å². The highest BCUT2D eigenvalue weighted by molar-refractivity contribution is 5.94. The first-order valence-corrected chi connectivity index (χ1v) is 7.34. The Balaban J connectivity index is 2.17. The van der Waals surface area contributed by atoms with Crippen LogP contribution < -0.4 is 20.5 Å². The highest BCUT2D eigenvalue weighted by atomic mass is 16.5. The normalized spacial score (nSPS) is 21.1. The molecule has 5 nitrogen and oxygen atoms in total.